The molecule has 1 aromatic carbocycles. The zero-order valence-electron chi connectivity index (χ0n) is 12.1. The van der Waals surface area contributed by atoms with Gasteiger partial charge in [0.15, 0.2) is 0 Å². The molecule has 2 rings (SSSR count). The lowest BCUT2D eigenvalue weighted by Gasteiger charge is -2.09. The number of rotatable bonds is 6. The van der Waals surface area contributed by atoms with E-state index in [1.54, 1.807) is 0 Å². The first-order chi connectivity index (χ1) is 9.74. The van der Waals surface area contributed by atoms with E-state index in [1.165, 1.54) is 5.56 Å². The van der Waals surface area contributed by atoms with Gasteiger partial charge in [0, 0.05) is 17.0 Å². The van der Waals surface area contributed by atoms with Gasteiger partial charge in [-0.1, -0.05) is 31.5 Å². The maximum absolute atomic E-state index is 5.74. The normalized spacial score (nSPS) is 10.6. The average molecular weight is 287 g/mol. The van der Waals surface area contributed by atoms with Crippen LogP contribution in [0, 0.1) is 6.92 Å². The molecule has 0 aliphatic rings. The highest BCUT2D eigenvalue weighted by molar-refractivity contribution is 7.79. The molecule has 0 amide bonds. The second kappa shape index (κ2) is 7.34. The van der Waals surface area contributed by atoms with Gasteiger partial charge in [0.1, 0.15) is 5.75 Å². The number of unbranched alkanes of at least 4 members (excludes halogenated alkanes) is 1. The number of nitrogens with zero attached hydrogens (tertiary/aromatic N) is 1. The van der Waals surface area contributed by atoms with E-state index in [9.17, 15) is 0 Å². The Hall–Kier alpha value is -1.48. The Morgan fingerprint density at radius 3 is 2.75 bits per heavy atom. The lowest BCUT2D eigenvalue weighted by molar-refractivity contribution is 0.309. The van der Waals surface area contributed by atoms with Gasteiger partial charge in [0.25, 0.3) is 0 Å². The summed E-state index contributed by atoms with van der Waals surface area (Å²) in [4.78, 5) is 4.65. The number of aromatic nitrogens is 1. The van der Waals surface area contributed by atoms with Crippen molar-refractivity contribution in [2.45, 2.75) is 32.4 Å². The van der Waals surface area contributed by atoms with Crippen LogP contribution in [0.5, 0.6) is 5.75 Å². The first-order valence-corrected chi connectivity index (χ1v) is 7.68. The largest absolute Gasteiger partial charge is 0.494 e. The highest BCUT2D eigenvalue weighted by atomic mass is 32.1. The molecule has 0 saturated carbocycles. The van der Waals surface area contributed by atoms with Gasteiger partial charge in [-0.05, 0) is 37.1 Å². The van der Waals surface area contributed by atoms with Crippen molar-refractivity contribution < 1.29 is 4.74 Å². The number of thiol groups is 1. The molecule has 0 bridgehead atoms. The van der Waals surface area contributed by atoms with Crippen molar-refractivity contribution in [3.63, 3.8) is 0 Å². The molecule has 0 aliphatic carbocycles. The van der Waals surface area contributed by atoms with Crippen molar-refractivity contribution in [3.8, 4) is 17.0 Å². The number of hydrogen-bond donors (Lipinski definition) is 1. The Kier molecular flexibility index (Phi) is 5.48. The third kappa shape index (κ3) is 3.76. The van der Waals surface area contributed by atoms with Crippen LogP contribution >= 0.6 is 12.6 Å². The van der Waals surface area contributed by atoms with Gasteiger partial charge in [-0.15, -0.1) is 0 Å². The van der Waals surface area contributed by atoms with Crippen LogP contribution in [0.2, 0.25) is 0 Å². The Balaban J connectivity index is 2.19. The third-order valence-electron chi connectivity index (χ3n) is 3.26. The number of ether oxygens (including phenoxy) is 1. The van der Waals surface area contributed by atoms with Crippen LogP contribution in [0.3, 0.4) is 0 Å². The van der Waals surface area contributed by atoms with Crippen molar-refractivity contribution >= 4 is 12.6 Å². The molecule has 3 heteroatoms. The summed E-state index contributed by atoms with van der Waals surface area (Å²) in [6.07, 6.45) is 2.23. The molecule has 0 unspecified atom stereocenters. The SMILES string of the molecule is CCCCOc1cccc(-c2ccc(CS)c(C)n2)c1. The van der Waals surface area contributed by atoms with Crippen molar-refractivity contribution in [1.29, 1.82) is 0 Å². The molecule has 0 spiro atoms. The fourth-order valence-electron chi connectivity index (χ4n) is 2.00. The molecule has 0 atom stereocenters. The fourth-order valence-corrected chi connectivity index (χ4v) is 2.33. The van der Waals surface area contributed by atoms with Crippen molar-refractivity contribution in [1.82, 2.24) is 4.98 Å². The van der Waals surface area contributed by atoms with Crippen molar-refractivity contribution in [2.75, 3.05) is 6.61 Å². The highest BCUT2D eigenvalue weighted by Crippen LogP contribution is 2.24. The van der Waals surface area contributed by atoms with Crippen LogP contribution in [0.4, 0.5) is 0 Å². The molecule has 0 fully saturated rings. The minimum atomic E-state index is 0.722. The molecular formula is C17H21NOS. The summed E-state index contributed by atoms with van der Waals surface area (Å²) in [7, 11) is 0. The van der Waals surface area contributed by atoms with E-state index in [0.29, 0.717) is 0 Å². The Morgan fingerprint density at radius 1 is 1.20 bits per heavy atom. The number of hydrogen-bond acceptors (Lipinski definition) is 3. The van der Waals surface area contributed by atoms with Crippen molar-refractivity contribution in [2.24, 2.45) is 0 Å². The molecular weight excluding hydrogens is 266 g/mol. The maximum atomic E-state index is 5.74. The molecule has 106 valence electrons. The van der Waals surface area contributed by atoms with Crippen LogP contribution in [0.15, 0.2) is 36.4 Å². The lowest BCUT2D eigenvalue weighted by Crippen LogP contribution is -1.97. The van der Waals surface area contributed by atoms with Gasteiger partial charge >= 0.3 is 0 Å². The molecule has 0 aliphatic heterocycles. The number of pyridine rings is 1. The van der Waals surface area contributed by atoms with E-state index in [0.717, 1.165) is 47.9 Å². The monoisotopic (exact) mass is 287 g/mol. The first kappa shape index (κ1) is 14.9. The molecule has 2 aromatic rings. The Morgan fingerprint density at radius 2 is 2.05 bits per heavy atom. The molecule has 1 heterocycles. The Labute approximate surface area is 126 Å². The van der Waals surface area contributed by atoms with Gasteiger partial charge in [-0.2, -0.15) is 12.6 Å². The van der Waals surface area contributed by atoms with E-state index >= 15 is 0 Å². The van der Waals surface area contributed by atoms with Crippen molar-refractivity contribution in [3.05, 3.63) is 47.7 Å². The van der Waals surface area contributed by atoms with Crippen LogP contribution in [0.1, 0.15) is 31.0 Å². The zero-order chi connectivity index (χ0) is 14.4. The predicted molar refractivity (Wildman–Crippen MR) is 87.5 cm³/mol. The van der Waals surface area contributed by atoms with Crippen LogP contribution in [-0.2, 0) is 5.75 Å². The Bertz CT molecular complexity index is 569. The predicted octanol–water partition coefficient (Wildman–Crippen LogP) is 4.67. The zero-order valence-corrected chi connectivity index (χ0v) is 13.0. The summed E-state index contributed by atoms with van der Waals surface area (Å²) >= 11 is 4.31. The molecule has 0 N–H and O–H groups in total. The minimum absolute atomic E-state index is 0.722. The second-order valence-corrected chi connectivity index (χ2v) is 5.15. The number of benzene rings is 1. The number of aryl methyl sites for hydroxylation is 1. The molecule has 2 nitrogen and oxygen atoms in total. The van der Waals surface area contributed by atoms with Gasteiger partial charge in [0.2, 0.25) is 0 Å². The topological polar surface area (TPSA) is 22.1 Å². The summed E-state index contributed by atoms with van der Waals surface area (Å²) in [5.41, 5.74) is 4.28. The van der Waals surface area contributed by atoms with E-state index in [1.807, 2.05) is 25.1 Å². The molecule has 20 heavy (non-hydrogen) atoms. The summed E-state index contributed by atoms with van der Waals surface area (Å²) in [6.45, 7) is 4.96. The van der Waals surface area contributed by atoms with Crippen LogP contribution < -0.4 is 4.74 Å². The lowest BCUT2D eigenvalue weighted by atomic mass is 10.1. The second-order valence-electron chi connectivity index (χ2n) is 4.83. The van der Waals surface area contributed by atoms with Crippen LogP contribution in [-0.4, -0.2) is 11.6 Å². The minimum Gasteiger partial charge on any atom is -0.494 e. The quantitative estimate of drug-likeness (QED) is 0.616. The smallest absolute Gasteiger partial charge is 0.119 e. The van der Waals surface area contributed by atoms with E-state index < -0.39 is 0 Å². The summed E-state index contributed by atoms with van der Waals surface area (Å²) in [5.74, 6) is 1.63. The molecule has 0 radical (unpaired) electrons. The highest BCUT2D eigenvalue weighted by Gasteiger charge is 2.04. The summed E-state index contributed by atoms with van der Waals surface area (Å²) in [6, 6.07) is 12.3. The van der Waals surface area contributed by atoms with Gasteiger partial charge in [-0.25, -0.2) is 0 Å². The average Bonchev–Trinajstić information content (AvgIpc) is 2.48. The van der Waals surface area contributed by atoms with E-state index in [-0.39, 0.29) is 0 Å². The van der Waals surface area contributed by atoms with Crippen LogP contribution in [0.25, 0.3) is 11.3 Å². The third-order valence-corrected chi connectivity index (χ3v) is 3.60. The molecule has 1 aromatic heterocycles. The standard InChI is InChI=1S/C17H21NOS/c1-3-4-10-19-16-7-5-6-14(11-16)17-9-8-15(12-20)13(2)18-17/h5-9,11,20H,3-4,10,12H2,1-2H3. The first-order valence-electron chi connectivity index (χ1n) is 7.05. The van der Waals surface area contributed by atoms with Gasteiger partial charge in [0.05, 0.1) is 12.3 Å². The molecule has 0 saturated heterocycles. The van der Waals surface area contributed by atoms with E-state index in [4.69, 9.17) is 4.74 Å². The summed E-state index contributed by atoms with van der Waals surface area (Å²) < 4.78 is 5.74. The fraction of sp³-hybridized carbons (Fsp3) is 0.353. The summed E-state index contributed by atoms with van der Waals surface area (Å²) in [5, 5.41) is 0. The van der Waals surface area contributed by atoms with Gasteiger partial charge in [-0.3, -0.25) is 4.98 Å². The van der Waals surface area contributed by atoms with Gasteiger partial charge < -0.3 is 4.74 Å². The van der Waals surface area contributed by atoms with E-state index in [2.05, 4.69) is 42.7 Å². The maximum Gasteiger partial charge on any atom is 0.119 e.